The fourth-order valence-electron chi connectivity index (χ4n) is 4.48. The lowest BCUT2D eigenvalue weighted by Gasteiger charge is -2.29. The molecule has 2 aliphatic rings. The van der Waals surface area contributed by atoms with E-state index < -0.39 is 11.6 Å². The third-order valence-corrected chi connectivity index (χ3v) is 6.33. The van der Waals surface area contributed by atoms with Crippen molar-refractivity contribution in [2.75, 3.05) is 18.0 Å². The first-order valence-electron chi connectivity index (χ1n) is 9.68. The molecular weight excluding hydrogens is 350 g/mol. The summed E-state index contributed by atoms with van der Waals surface area (Å²) in [5, 5.41) is 21.2. The molecule has 2 fully saturated rings. The Morgan fingerprint density at radius 1 is 1.29 bits per heavy atom. The smallest absolute Gasteiger partial charge is 0.345 e. The van der Waals surface area contributed by atoms with E-state index in [9.17, 15) is 15.0 Å². The van der Waals surface area contributed by atoms with Gasteiger partial charge in [0.15, 0.2) is 0 Å². The molecule has 1 heterocycles. The molecule has 28 heavy (non-hydrogen) atoms. The fraction of sp³-hybridized carbons (Fsp3) is 0.375. The van der Waals surface area contributed by atoms with Crippen molar-refractivity contribution in [3.63, 3.8) is 0 Å². The summed E-state index contributed by atoms with van der Waals surface area (Å²) in [6, 6.07) is 14.3. The Labute approximate surface area is 165 Å². The number of carbonyl (C=O) groups is 1. The van der Waals surface area contributed by atoms with Gasteiger partial charge in [-0.2, -0.15) is 0 Å². The number of anilines is 1. The summed E-state index contributed by atoms with van der Waals surface area (Å²) in [5.74, 6) is 5.39. The monoisotopic (exact) mass is 375 g/mol. The van der Waals surface area contributed by atoms with Crippen molar-refractivity contribution in [2.24, 2.45) is 11.3 Å². The zero-order valence-corrected chi connectivity index (χ0v) is 16.3. The van der Waals surface area contributed by atoms with E-state index in [0.717, 1.165) is 30.3 Å². The minimum Gasteiger partial charge on any atom is -0.479 e. The molecule has 1 unspecified atom stereocenters. The molecule has 2 N–H and O–H groups in total. The second-order valence-corrected chi connectivity index (χ2v) is 8.26. The molecule has 0 radical (unpaired) electrons. The molecule has 1 aliphatic carbocycles. The largest absolute Gasteiger partial charge is 0.479 e. The molecule has 4 heteroatoms. The number of carboxylic acid groups (broad SMARTS) is 1. The number of aliphatic carboxylic acids is 1. The van der Waals surface area contributed by atoms with E-state index in [1.807, 2.05) is 12.1 Å². The third kappa shape index (κ3) is 2.96. The first kappa shape index (κ1) is 18.6. The molecule has 1 saturated heterocycles. The van der Waals surface area contributed by atoms with Gasteiger partial charge in [0.05, 0.1) is 0 Å². The van der Waals surface area contributed by atoms with Gasteiger partial charge in [0.2, 0.25) is 5.60 Å². The van der Waals surface area contributed by atoms with Crippen molar-refractivity contribution >= 4 is 11.7 Å². The summed E-state index contributed by atoms with van der Waals surface area (Å²) >= 11 is 0. The first-order valence-corrected chi connectivity index (χ1v) is 9.68. The Bertz CT molecular complexity index is 974. The average molecular weight is 375 g/mol. The number of benzene rings is 2. The maximum Gasteiger partial charge on any atom is 0.345 e. The van der Waals surface area contributed by atoms with Crippen LogP contribution in [0.25, 0.3) is 0 Å². The molecule has 3 atom stereocenters. The van der Waals surface area contributed by atoms with E-state index in [0.29, 0.717) is 23.0 Å². The molecular formula is C24H25NO3. The Kier molecular flexibility index (Phi) is 4.44. The lowest BCUT2D eigenvalue weighted by Crippen LogP contribution is -2.38. The molecule has 144 valence electrons. The Morgan fingerprint density at radius 2 is 2.04 bits per heavy atom. The van der Waals surface area contributed by atoms with Gasteiger partial charge in [-0.25, -0.2) is 4.79 Å². The zero-order chi connectivity index (χ0) is 19.9. The van der Waals surface area contributed by atoms with E-state index >= 15 is 0 Å². The van der Waals surface area contributed by atoms with Crippen LogP contribution in [-0.4, -0.2) is 29.3 Å². The average Bonchev–Trinajstić information content (AvgIpc) is 3.22. The topological polar surface area (TPSA) is 60.8 Å². The van der Waals surface area contributed by atoms with Gasteiger partial charge in [-0.3, -0.25) is 0 Å². The van der Waals surface area contributed by atoms with Crippen molar-refractivity contribution in [3.8, 4) is 11.8 Å². The van der Waals surface area contributed by atoms with Crippen LogP contribution >= 0.6 is 0 Å². The highest BCUT2D eigenvalue weighted by Gasteiger charge is 2.56. The number of fused-ring (bicyclic) bond motifs is 1. The maximum absolute atomic E-state index is 12.2. The normalized spacial score (nSPS) is 24.7. The van der Waals surface area contributed by atoms with Crippen LogP contribution in [0.15, 0.2) is 48.5 Å². The Hall–Kier alpha value is -2.77. The van der Waals surface area contributed by atoms with Crippen LogP contribution in [0.4, 0.5) is 5.69 Å². The number of hydrogen-bond acceptors (Lipinski definition) is 3. The highest BCUT2D eigenvalue weighted by molar-refractivity contribution is 5.84. The number of hydrogen-bond donors (Lipinski definition) is 2. The second kappa shape index (κ2) is 6.68. The van der Waals surface area contributed by atoms with Crippen LogP contribution in [0.5, 0.6) is 0 Å². The lowest BCUT2D eigenvalue weighted by molar-refractivity contribution is -0.155. The molecule has 4 nitrogen and oxygen atoms in total. The quantitative estimate of drug-likeness (QED) is 0.786. The number of carboxylic acids is 1. The van der Waals surface area contributed by atoms with Crippen LogP contribution in [0.3, 0.4) is 0 Å². The molecule has 4 rings (SSSR count). The van der Waals surface area contributed by atoms with E-state index in [2.05, 4.69) is 23.7 Å². The Morgan fingerprint density at radius 3 is 2.64 bits per heavy atom. The van der Waals surface area contributed by atoms with Gasteiger partial charge < -0.3 is 15.1 Å². The van der Waals surface area contributed by atoms with Crippen LogP contribution in [0.2, 0.25) is 0 Å². The van der Waals surface area contributed by atoms with Crippen molar-refractivity contribution in [1.29, 1.82) is 0 Å². The SMILES string of the molecule is CC#CCc1cc(N2C[C@H]3C[C@@]3(C)C2)ccc1C(O)(C(=O)O)c1ccccc1. The number of rotatable bonds is 5. The molecule has 0 amide bonds. The standard InChI is InChI=1S/C24H25NO3/c1-3-4-8-17-13-20(25-15-19-14-23(19,2)16-25)11-12-21(17)24(28,22(26)27)18-9-6-5-7-10-18/h5-7,9-13,19,28H,8,14-16H2,1-2H3,(H,26,27)/t19-,23+,24?/m1/s1. The molecule has 0 spiro atoms. The zero-order valence-electron chi connectivity index (χ0n) is 16.3. The van der Waals surface area contributed by atoms with E-state index in [1.54, 1.807) is 43.3 Å². The highest BCUT2D eigenvalue weighted by Crippen LogP contribution is 2.58. The first-order chi connectivity index (χ1) is 13.4. The van der Waals surface area contributed by atoms with E-state index in [-0.39, 0.29) is 0 Å². The van der Waals surface area contributed by atoms with Gasteiger partial charge in [0.25, 0.3) is 0 Å². The van der Waals surface area contributed by atoms with Gasteiger partial charge in [-0.15, -0.1) is 5.92 Å². The molecule has 0 aromatic heterocycles. The summed E-state index contributed by atoms with van der Waals surface area (Å²) in [6.45, 7) is 6.15. The van der Waals surface area contributed by atoms with Gasteiger partial charge in [0, 0.05) is 30.8 Å². The number of aliphatic hydroxyl groups is 1. The van der Waals surface area contributed by atoms with E-state index in [1.165, 1.54) is 6.42 Å². The summed E-state index contributed by atoms with van der Waals surface area (Å²) in [4.78, 5) is 14.5. The van der Waals surface area contributed by atoms with Crippen LogP contribution < -0.4 is 4.90 Å². The lowest BCUT2D eigenvalue weighted by atomic mass is 9.82. The van der Waals surface area contributed by atoms with Gasteiger partial charge in [-0.05, 0) is 47.9 Å². The third-order valence-electron chi connectivity index (χ3n) is 6.33. The number of piperidine rings is 1. The molecule has 1 saturated carbocycles. The van der Waals surface area contributed by atoms with Crippen LogP contribution in [-0.2, 0) is 16.8 Å². The molecule has 1 aliphatic heterocycles. The predicted molar refractivity (Wildman–Crippen MR) is 109 cm³/mol. The predicted octanol–water partition coefficient (Wildman–Crippen LogP) is 3.42. The minimum absolute atomic E-state index is 0.343. The number of nitrogens with zero attached hydrogens (tertiary/aromatic N) is 1. The van der Waals surface area contributed by atoms with Gasteiger partial charge in [0.1, 0.15) is 0 Å². The summed E-state index contributed by atoms with van der Waals surface area (Å²) in [5.41, 5.74) is 0.874. The highest BCUT2D eigenvalue weighted by atomic mass is 16.4. The molecule has 2 aromatic carbocycles. The van der Waals surface area contributed by atoms with Crippen molar-refractivity contribution in [3.05, 3.63) is 65.2 Å². The second-order valence-electron chi connectivity index (χ2n) is 8.26. The summed E-state index contributed by atoms with van der Waals surface area (Å²) < 4.78 is 0. The van der Waals surface area contributed by atoms with Gasteiger partial charge in [-0.1, -0.05) is 49.2 Å². The molecule has 0 bridgehead atoms. The summed E-state index contributed by atoms with van der Waals surface area (Å²) in [7, 11) is 0. The van der Waals surface area contributed by atoms with Crippen molar-refractivity contribution in [2.45, 2.75) is 32.3 Å². The minimum atomic E-state index is -2.11. The van der Waals surface area contributed by atoms with Crippen molar-refractivity contribution in [1.82, 2.24) is 0 Å². The van der Waals surface area contributed by atoms with Crippen LogP contribution in [0.1, 0.15) is 37.0 Å². The van der Waals surface area contributed by atoms with Crippen molar-refractivity contribution < 1.29 is 15.0 Å². The maximum atomic E-state index is 12.2. The summed E-state index contributed by atoms with van der Waals surface area (Å²) in [6.07, 6.45) is 1.69. The fourth-order valence-corrected chi connectivity index (χ4v) is 4.48. The van der Waals surface area contributed by atoms with E-state index in [4.69, 9.17) is 0 Å². The Balaban J connectivity index is 1.78. The van der Waals surface area contributed by atoms with Crippen LogP contribution in [0, 0.1) is 23.2 Å². The van der Waals surface area contributed by atoms with Gasteiger partial charge >= 0.3 is 5.97 Å². The molecule has 2 aromatic rings.